The van der Waals surface area contributed by atoms with Crippen LogP contribution < -0.4 is 9.47 Å². The monoisotopic (exact) mass is 222 g/mol. The summed E-state index contributed by atoms with van der Waals surface area (Å²) < 4.78 is 15.3. The van der Waals surface area contributed by atoms with E-state index in [0.717, 1.165) is 11.3 Å². The molecule has 4 heteroatoms. The van der Waals surface area contributed by atoms with E-state index in [1.807, 2.05) is 25.1 Å². The van der Waals surface area contributed by atoms with Crippen LogP contribution in [0.1, 0.15) is 24.8 Å². The Balaban J connectivity index is 2.29. The minimum atomic E-state index is -0.237. The van der Waals surface area contributed by atoms with Gasteiger partial charge in [0.25, 0.3) is 0 Å². The summed E-state index contributed by atoms with van der Waals surface area (Å²) in [5.74, 6) is 0.962. The Hall–Kier alpha value is -1.71. The summed E-state index contributed by atoms with van der Waals surface area (Å²) >= 11 is 0. The highest BCUT2D eigenvalue weighted by Crippen LogP contribution is 2.35. The number of carbonyl (C=O) groups excluding carboxylic acids is 1. The van der Waals surface area contributed by atoms with Crippen LogP contribution in [0.15, 0.2) is 18.2 Å². The van der Waals surface area contributed by atoms with Gasteiger partial charge < -0.3 is 14.2 Å². The quantitative estimate of drug-likeness (QED) is 0.734. The smallest absolute Gasteiger partial charge is 0.313 e. The number of methoxy groups -OCH3 is 1. The Morgan fingerprint density at radius 1 is 1.44 bits per heavy atom. The van der Waals surface area contributed by atoms with Gasteiger partial charge in [-0.2, -0.15) is 0 Å². The molecule has 0 radical (unpaired) electrons. The van der Waals surface area contributed by atoms with Crippen LogP contribution >= 0.6 is 0 Å². The Kier molecular flexibility index (Phi) is 2.99. The molecule has 1 atom stereocenters. The molecule has 0 aromatic heterocycles. The summed E-state index contributed by atoms with van der Waals surface area (Å²) in [4.78, 5) is 11.5. The lowest BCUT2D eigenvalue weighted by atomic mass is 9.96. The van der Waals surface area contributed by atoms with Gasteiger partial charge in [-0.25, -0.2) is 0 Å². The number of esters is 1. The number of rotatable bonds is 3. The maximum Gasteiger partial charge on any atom is 0.313 e. The number of carbonyl (C=O) groups is 1. The zero-order valence-electron chi connectivity index (χ0n) is 9.36. The molecule has 0 fully saturated rings. The molecular formula is C12H14O4. The van der Waals surface area contributed by atoms with Crippen LogP contribution in [0.5, 0.6) is 11.5 Å². The van der Waals surface area contributed by atoms with Crippen LogP contribution in [0.3, 0.4) is 0 Å². The molecule has 1 unspecified atom stereocenters. The van der Waals surface area contributed by atoms with Gasteiger partial charge in [-0.15, -0.1) is 0 Å². The van der Waals surface area contributed by atoms with Crippen LogP contribution in [0.2, 0.25) is 0 Å². The summed E-state index contributed by atoms with van der Waals surface area (Å²) in [7, 11) is 1.40. The molecule has 1 aromatic rings. The lowest BCUT2D eigenvalue weighted by molar-refractivity contribution is -0.142. The third kappa shape index (κ3) is 1.83. The van der Waals surface area contributed by atoms with E-state index < -0.39 is 0 Å². The van der Waals surface area contributed by atoms with E-state index in [0.29, 0.717) is 12.2 Å². The molecule has 1 aliphatic heterocycles. The van der Waals surface area contributed by atoms with Gasteiger partial charge in [0.05, 0.1) is 13.0 Å². The zero-order chi connectivity index (χ0) is 11.5. The topological polar surface area (TPSA) is 44.8 Å². The van der Waals surface area contributed by atoms with Gasteiger partial charge in [-0.3, -0.25) is 4.79 Å². The van der Waals surface area contributed by atoms with E-state index in [1.54, 1.807) is 0 Å². The highest BCUT2D eigenvalue weighted by Gasteiger charge is 2.22. The second-order valence-corrected chi connectivity index (χ2v) is 3.60. The standard InChI is InChI=1S/C12H14O4/c1-3-9(12(13)14-2)8-4-5-10-11(6-8)16-7-15-10/h4-6,9H,3,7H2,1-2H3. The number of hydrogen-bond donors (Lipinski definition) is 0. The van der Waals surface area contributed by atoms with Crippen molar-refractivity contribution in [2.45, 2.75) is 19.3 Å². The lowest BCUT2D eigenvalue weighted by Crippen LogP contribution is -2.13. The molecule has 16 heavy (non-hydrogen) atoms. The summed E-state index contributed by atoms with van der Waals surface area (Å²) in [5, 5.41) is 0. The first kappa shape index (κ1) is 10.8. The molecule has 0 bridgehead atoms. The van der Waals surface area contributed by atoms with Crippen molar-refractivity contribution in [1.82, 2.24) is 0 Å². The van der Waals surface area contributed by atoms with Crippen LogP contribution in [-0.4, -0.2) is 19.9 Å². The zero-order valence-corrected chi connectivity index (χ0v) is 9.36. The third-order valence-corrected chi connectivity index (χ3v) is 2.69. The average molecular weight is 222 g/mol. The lowest BCUT2D eigenvalue weighted by Gasteiger charge is -2.12. The summed E-state index contributed by atoms with van der Waals surface area (Å²) in [6.07, 6.45) is 0.701. The molecular weight excluding hydrogens is 208 g/mol. The highest BCUT2D eigenvalue weighted by atomic mass is 16.7. The number of hydrogen-bond acceptors (Lipinski definition) is 4. The van der Waals surface area contributed by atoms with Crippen LogP contribution in [0, 0.1) is 0 Å². The van der Waals surface area contributed by atoms with Crippen molar-refractivity contribution in [2.24, 2.45) is 0 Å². The van der Waals surface area contributed by atoms with Gasteiger partial charge in [0.15, 0.2) is 11.5 Å². The number of benzene rings is 1. The van der Waals surface area contributed by atoms with E-state index >= 15 is 0 Å². The fourth-order valence-electron chi connectivity index (χ4n) is 1.81. The van der Waals surface area contributed by atoms with Crippen molar-refractivity contribution in [3.05, 3.63) is 23.8 Å². The van der Waals surface area contributed by atoms with Crippen molar-refractivity contribution in [2.75, 3.05) is 13.9 Å². The van der Waals surface area contributed by atoms with Crippen molar-refractivity contribution < 1.29 is 19.0 Å². The predicted octanol–water partition coefficient (Wildman–Crippen LogP) is 2.08. The van der Waals surface area contributed by atoms with Gasteiger partial charge in [0.2, 0.25) is 6.79 Å². The highest BCUT2D eigenvalue weighted by molar-refractivity contribution is 5.78. The molecule has 2 rings (SSSR count). The normalized spacial score (nSPS) is 14.6. The van der Waals surface area contributed by atoms with Crippen LogP contribution in [-0.2, 0) is 9.53 Å². The first-order valence-electron chi connectivity index (χ1n) is 5.23. The predicted molar refractivity (Wildman–Crippen MR) is 57.6 cm³/mol. The largest absolute Gasteiger partial charge is 0.469 e. The molecule has 1 heterocycles. The minimum Gasteiger partial charge on any atom is -0.469 e. The molecule has 0 N–H and O–H groups in total. The Morgan fingerprint density at radius 3 is 2.88 bits per heavy atom. The molecule has 0 saturated carbocycles. The summed E-state index contributed by atoms with van der Waals surface area (Å²) in [6.45, 7) is 2.19. The van der Waals surface area contributed by atoms with Gasteiger partial charge in [0, 0.05) is 0 Å². The molecule has 1 aliphatic rings. The Bertz CT molecular complexity index is 400. The third-order valence-electron chi connectivity index (χ3n) is 2.69. The first-order valence-corrected chi connectivity index (χ1v) is 5.23. The van der Waals surface area contributed by atoms with Crippen LogP contribution in [0.4, 0.5) is 0 Å². The number of fused-ring (bicyclic) bond motifs is 1. The van der Waals surface area contributed by atoms with Gasteiger partial charge in [-0.05, 0) is 24.1 Å². The second-order valence-electron chi connectivity index (χ2n) is 3.60. The van der Waals surface area contributed by atoms with E-state index in [2.05, 4.69) is 0 Å². The minimum absolute atomic E-state index is 0.221. The van der Waals surface area contributed by atoms with E-state index in [-0.39, 0.29) is 18.7 Å². The van der Waals surface area contributed by atoms with Crippen molar-refractivity contribution in [3.8, 4) is 11.5 Å². The SMILES string of the molecule is CCC(C(=O)OC)c1ccc2c(c1)OCO2. The Morgan fingerprint density at radius 2 is 2.19 bits per heavy atom. The molecule has 4 nitrogen and oxygen atoms in total. The maximum atomic E-state index is 11.5. The fourth-order valence-corrected chi connectivity index (χ4v) is 1.81. The maximum absolute atomic E-state index is 11.5. The number of ether oxygens (including phenoxy) is 3. The van der Waals surface area contributed by atoms with Crippen molar-refractivity contribution >= 4 is 5.97 Å². The van der Waals surface area contributed by atoms with Crippen LogP contribution in [0.25, 0.3) is 0 Å². The summed E-state index contributed by atoms with van der Waals surface area (Å²) in [5.41, 5.74) is 0.901. The average Bonchev–Trinajstić information content (AvgIpc) is 2.77. The molecule has 0 saturated heterocycles. The van der Waals surface area contributed by atoms with Crippen molar-refractivity contribution in [1.29, 1.82) is 0 Å². The van der Waals surface area contributed by atoms with Gasteiger partial charge in [-0.1, -0.05) is 13.0 Å². The molecule has 0 spiro atoms. The van der Waals surface area contributed by atoms with Gasteiger partial charge in [0.1, 0.15) is 0 Å². The fraction of sp³-hybridized carbons (Fsp3) is 0.417. The first-order chi connectivity index (χ1) is 7.76. The van der Waals surface area contributed by atoms with Crippen molar-refractivity contribution in [3.63, 3.8) is 0 Å². The van der Waals surface area contributed by atoms with E-state index in [1.165, 1.54) is 7.11 Å². The van der Waals surface area contributed by atoms with Gasteiger partial charge >= 0.3 is 5.97 Å². The molecule has 0 aliphatic carbocycles. The molecule has 0 amide bonds. The Labute approximate surface area is 94.1 Å². The summed E-state index contributed by atoms with van der Waals surface area (Å²) in [6, 6.07) is 5.54. The second kappa shape index (κ2) is 4.43. The van der Waals surface area contributed by atoms with E-state index in [9.17, 15) is 4.79 Å². The van der Waals surface area contributed by atoms with E-state index in [4.69, 9.17) is 14.2 Å². The molecule has 86 valence electrons. The molecule has 1 aromatic carbocycles.